The van der Waals surface area contributed by atoms with Crippen LogP contribution in [0.4, 0.5) is 4.79 Å². The first kappa shape index (κ1) is 29.6. The highest BCUT2D eigenvalue weighted by Crippen LogP contribution is 2.35. The number of rotatable bonds is 8. The quantitative estimate of drug-likeness (QED) is 0.375. The molecular weight excluding hydrogens is 556 g/mol. The van der Waals surface area contributed by atoms with Crippen LogP contribution in [0.2, 0.25) is 0 Å². The van der Waals surface area contributed by atoms with Gasteiger partial charge in [0.25, 0.3) is 11.8 Å². The molecule has 4 saturated heterocycles. The summed E-state index contributed by atoms with van der Waals surface area (Å²) in [6.07, 6.45) is 3.59. The Kier molecular flexibility index (Phi) is 8.74. The molecule has 228 valence electrons. The van der Waals surface area contributed by atoms with Crippen molar-refractivity contribution in [2.45, 2.75) is 43.9 Å². The molecular formula is C35H38N4O5. The highest BCUT2D eigenvalue weighted by molar-refractivity contribution is 5.95. The molecule has 0 spiro atoms. The van der Waals surface area contributed by atoms with Crippen LogP contribution in [-0.4, -0.2) is 72.8 Å². The van der Waals surface area contributed by atoms with E-state index in [1.165, 1.54) is 0 Å². The van der Waals surface area contributed by atoms with Gasteiger partial charge in [-0.3, -0.25) is 19.3 Å². The van der Waals surface area contributed by atoms with E-state index in [9.17, 15) is 19.2 Å². The summed E-state index contributed by atoms with van der Waals surface area (Å²) in [5.41, 5.74) is 2.83. The van der Waals surface area contributed by atoms with Crippen LogP contribution in [-0.2, 0) is 16.8 Å². The lowest BCUT2D eigenvalue weighted by Gasteiger charge is -2.45. The predicted molar refractivity (Wildman–Crippen MR) is 165 cm³/mol. The number of fused-ring (bicyclic) bond motifs is 3. The van der Waals surface area contributed by atoms with Crippen molar-refractivity contribution in [3.05, 3.63) is 107 Å². The van der Waals surface area contributed by atoms with E-state index in [-0.39, 0.29) is 24.0 Å². The minimum absolute atomic E-state index is 0.0626. The van der Waals surface area contributed by atoms with Crippen molar-refractivity contribution in [2.24, 2.45) is 5.92 Å². The van der Waals surface area contributed by atoms with Crippen molar-refractivity contribution in [3.8, 4) is 0 Å². The normalized spacial score (nSPS) is 22.1. The summed E-state index contributed by atoms with van der Waals surface area (Å²) in [4.78, 5) is 54.2. The number of aldehydes is 1. The van der Waals surface area contributed by atoms with E-state index in [1.54, 1.807) is 36.4 Å². The van der Waals surface area contributed by atoms with Gasteiger partial charge in [0.15, 0.2) is 0 Å². The molecule has 7 rings (SSSR count). The molecule has 0 saturated carbocycles. The zero-order valence-electron chi connectivity index (χ0n) is 24.7. The molecule has 4 aliphatic rings. The first-order chi connectivity index (χ1) is 21.4. The summed E-state index contributed by atoms with van der Waals surface area (Å²) in [6, 6.07) is 23.7. The van der Waals surface area contributed by atoms with Gasteiger partial charge >= 0.3 is 6.09 Å². The standard InChI is InChI=1S/C35H38N4O5/c40-24-26-8-10-28(11-9-26)32(41)36-22-25-6-12-29(13-7-25)33(42)39-20-16-35(17-21-39,30-4-2-1-3-5-30)37-34(43)44-31-23-38-18-14-27(31)15-19-38/h1-13,24,27,31H,14-23H2,(H,36,41)(H,37,43)/t31-/m0/s1. The summed E-state index contributed by atoms with van der Waals surface area (Å²) < 4.78 is 5.99. The molecule has 0 unspecified atom stereocenters. The topological polar surface area (TPSA) is 108 Å². The second-order valence-electron chi connectivity index (χ2n) is 12.1. The van der Waals surface area contributed by atoms with E-state index in [1.807, 2.05) is 47.4 Å². The van der Waals surface area contributed by atoms with Gasteiger partial charge in [-0.15, -0.1) is 0 Å². The van der Waals surface area contributed by atoms with Crippen molar-refractivity contribution in [1.29, 1.82) is 0 Å². The Hall–Kier alpha value is -4.50. The molecule has 44 heavy (non-hydrogen) atoms. The molecule has 2 N–H and O–H groups in total. The average Bonchev–Trinajstić information content (AvgIpc) is 3.08. The number of nitrogens with one attached hydrogen (secondary N) is 2. The molecule has 3 aromatic carbocycles. The maximum atomic E-state index is 13.4. The molecule has 9 heteroatoms. The number of hydrogen-bond acceptors (Lipinski definition) is 6. The predicted octanol–water partition coefficient (Wildman–Crippen LogP) is 4.38. The zero-order chi connectivity index (χ0) is 30.5. The van der Waals surface area contributed by atoms with E-state index in [2.05, 4.69) is 15.5 Å². The first-order valence-electron chi connectivity index (χ1n) is 15.4. The molecule has 4 fully saturated rings. The third kappa shape index (κ3) is 6.53. The summed E-state index contributed by atoms with van der Waals surface area (Å²) in [6.45, 7) is 4.28. The van der Waals surface area contributed by atoms with Crippen LogP contribution in [0.25, 0.3) is 0 Å². The van der Waals surface area contributed by atoms with Gasteiger partial charge in [-0.2, -0.15) is 0 Å². The van der Waals surface area contributed by atoms with Gasteiger partial charge in [0.05, 0.1) is 5.54 Å². The summed E-state index contributed by atoms with van der Waals surface area (Å²) >= 11 is 0. The number of hydrogen-bond donors (Lipinski definition) is 2. The Morgan fingerprint density at radius 3 is 2.11 bits per heavy atom. The number of likely N-dealkylation sites (tertiary alicyclic amines) is 1. The first-order valence-corrected chi connectivity index (χ1v) is 15.4. The second-order valence-corrected chi connectivity index (χ2v) is 12.1. The van der Waals surface area contributed by atoms with Crippen LogP contribution in [0.15, 0.2) is 78.9 Å². The molecule has 1 atom stereocenters. The number of benzene rings is 3. The van der Waals surface area contributed by atoms with E-state index >= 15 is 0 Å². The molecule has 3 aromatic rings. The fraction of sp³-hybridized carbons (Fsp3) is 0.371. The molecule has 0 radical (unpaired) electrons. The van der Waals surface area contributed by atoms with E-state index in [4.69, 9.17) is 4.74 Å². The maximum Gasteiger partial charge on any atom is 0.408 e. The van der Waals surface area contributed by atoms with E-state index in [0.717, 1.165) is 49.9 Å². The lowest BCUT2D eigenvalue weighted by Crippen LogP contribution is -2.56. The van der Waals surface area contributed by atoms with Gasteiger partial charge in [0, 0.05) is 42.9 Å². The van der Waals surface area contributed by atoms with Crippen molar-refractivity contribution in [3.63, 3.8) is 0 Å². The van der Waals surface area contributed by atoms with E-state index in [0.29, 0.717) is 55.1 Å². The Balaban J connectivity index is 1.05. The summed E-state index contributed by atoms with van der Waals surface area (Å²) in [5, 5.41) is 6.10. The monoisotopic (exact) mass is 594 g/mol. The van der Waals surface area contributed by atoms with Gasteiger partial charge in [-0.25, -0.2) is 4.79 Å². The number of ether oxygens (including phenoxy) is 1. The lowest BCUT2D eigenvalue weighted by atomic mass is 9.80. The maximum absolute atomic E-state index is 13.4. The van der Waals surface area contributed by atoms with Crippen LogP contribution in [0.5, 0.6) is 0 Å². The van der Waals surface area contributed by atoms with Crippen LogP contribution >= 0.6 is 0 Å². The smallest absolute Gasteiger partial charge is 0.408 e. The molecule has 4 aliphatic heterocycles. The van der Waals surface area contributed by atoms with Crippen molar-refractivity contribution in [2.75, 3.05) is 32.7 Å². The largest absolute Gasteiger partial charge is 0.445 e. The van der Waals surface area contributed by atoms with Crippen LogP contribution in [0, 0.1) is 5.92 Å². The SMILES string of the molecule is O=Cc1ccc(C(=O)NCc2ccc(C(=O)N3CCC(NC(=O)O[C@H]4CN5CCC4CC5)(c4ccccc4)CC3)cc2)cc1. The fourth-order valence-electron chi connectivity index (χ4n) is 6.69. The Morgan fingerprint density at radius 1 is 0.841 bits per heavy atom. The van der Waals surface area contributed by atoms with Crippen molar-refractivity contribution in [1.82, 2.24) is 20.4 Å². The minimum Gasteiger partial charge on any atom is -0.445 e. The molecule has 9 nitrogen and oxygen atoms in total. The second kappa shape index (κ2) is 13.0. The molecule has 2 bridgehead atoms. The van der Waals surface area contributed by atoms with Gasteiger partial charge in [0.1, 0.15) is 12.4 Å². The third-order valence-corrected chi connectivity index (χ3v) is 9.39. The fourth-order valence-corrected chi connectivity index (χ4v) is 6.69. The highest BCUT2D eigenvalue weighted by Gasteiger charge is 2.41. The third-order valence-electron chi connectivity index (χ3n) is 9.39. The number of carbonyl (C=O) groups is 4. The number of amides is 3. The average molecular weight is 595 g/mol. The number of carbonyl (C=O) groups excluding carboxylic acids is 4. The molecule has 3 amide bonds. The number of nitrogens with zero attached hydrogens (tertiary/aromatic N) is 2. The van der Waals surface area contributed by atoms with Gasteiger partial charge in [-0.05, 0) is 80.1 Å². The minimum atomic E-state index is -0.612. The summed E-state index contributed by atoms with van der Waals surface area (Å²) in [5.74, 6) is 0.133. The van der Waals surface area contributed by atoms with Gasteiger partial charge < -0.3 is 20.3 Å². The number of alkyl carbamates (subject to hydrolysis) is 1. The van der Waals surface area contributed by atoms with Crippen LogP contribution < -0.4 is 10.6 Å². The highest BCUT2D eigenvalue weighted by atomic mass is 16.6. The zero-order valence-corrected chi connectivity index (χ0v) is 24.7. The van der Waals surface area contributed by atoms with Crippen LogP contribution in [0.1, 0.15) is 67.9 Å². The van der Waals surface area contributed by atoms with Gasteiger partial charge in [0.2, 0.25) is 0 Å². The summed E-state index contributed by atoms with van der Waals surface area (Å²) in [7, 11) is 0. The van der Waals surface area contributed by atoms with E-state index < -0.39 is 5.54 Å². The van der Waals surface area contributed by atoms with Crippen molar-refractivity contribution < 1.29 is 23.9 Å². The Morgan fingerprint density at radius 2 is 1.50 bits per heavy atom. The molecule has 4 heterocycles. The molecule has 0 aromatic heterocycles. The molecule has 0 aliphatic carbocycles. The van der Waals surface area contributed by atoms with Crippen LogP contribution in [0.3, 0.4) is 0 Å². The Labute approximate surface area is 257 Å². The van der Waals surface area contributed by atoms with Crippen molar-refractivity contribution >= 4 is 24.2 Å². The van der Waals surface area contributed by atoms with Gasteiger partial charge in [-0.1, -0.05) is 54.6 Å². The Bertz CT molecular complexity index is 1480. The number of piperidine rings is 4. The lowest BCUT2D eigenvalue weighted by molar-refractivity contribution is -0.0366.